The van der Waals surface area contributed by atoms with Crippen molar-refractivity contribution in [2.45, 2.75) is 38.8 Å². The summed E-state index contributed by atoms with van der Waals surface area (Å²) < 4.78 is 1.90. The van der Waals surface area contributed by atoms with Crippen molar-refractivity contribution in [1.29, 1.82) is 0 Å². The number of aromatic nitrogens is 3. The molecule has 6 heteroatoms. The van der Waals surface area contributed by atoms with E-state index < -0.39 is 0 Å². The number of para-hydroxylation sites is 1. The maximum Gasteiger partial charge on any atom is 0.241 e. The number of piperidine rings is 1. The average Bonchev–Trinajstić information content (AvgIpc) is 3.21. The van der Waals surface area contributed by atoms with Crippen LogP contribution in [0.1, 0.15) is 25.3 Å². The molecule has 0 bridgehead atoms. The van der Waals surface area contributed by atoms with Crippen molar-refractivity contribution in [3.05, 3.63) is 42.5 Å². The summed E-state index contributed by atoms with van der Waals surface area (Å²) in [5, 5.41) is 4.21. The highest BCUT2D eigenvalue weighted by Gasteiger charge is 2.32. The van der Waals surface area contributed by atoms with E-state index in [0.29, 0.717) is 12.5 Å². The molecule has 2 aliphatic heterocycles. The summed E-state index contributed by atoms with van der Waals surface area (Å²) in [5.74, 6) is 0.755. The first-order valence-corrected chi connectivity index (χ1v) is 9.15. The quantitative estimate of drug-likeness (QED) is 0.855. The van der Waals surface area contributed by atoms with Crippen LogP contribution in [-0.4, -0.2) is 51.2 Å². The first kappa shape index (κ1) is 16.3. The largest absolute Gasteiger partial charge is 0.308 e. The van der Waals surface area contributed by atoms with E-state index in [0.717, 1.165) is 38.2 Å². The van der Waals surface area contributed by atoms with E-state index in [4.69, 9.17) is 0 Å². The Hall–Kier alpha value is -2.21. The number of rotatable bonds is 4. The Morgan fingerprint density at radius 2 is 2.20 bits per heavy atom. The second-order valence-electron chi connectivity index (χ2n) is 7.31. The number of anilines is 1. The molecule has 0 aliphatic carbocycles. The lowest BCUT2D eigenvalue weighted by atomic mass is 9.98. The summed E-state index contributed by atoms with van der Waals surface area (Å²) in [4.78, 5) is 21.3. The number of carbonyl (C=O) groups excluding carboxylic acids is 1. The van der Waals surface area contributed by atoms with E-state index in [9.17, 15) is 4.79 Å². The zero-order valence-corrected chi connectivity index (χ0v) is 14.7. The van der Waals surface area contributed by atoms with Gasteiger partial charge in [-0.25, -0.2) is 4.98 Å². The van der Waals surface area contributed by atoms with Gasteiger partial charge >= 0.3 is 0 Å². The number of nitrogens with zero attached hydrogens (tertiary/aromatic N) is 5. The second kappa shape index (κ2) is 6.96. The van der Waals surface area contributed by atoms with Gasteiger partial charge in [0.1, 0.15) is 12.7 Å². The fraction of sp³-hybridized carbons (Fsp3) is 0.526. The minimum atomic E-state index is 0.221. The van der Waals surface area contributed by atoms with Crippen LogP contribution < -0.4 is 4.90 Å². The maximum absolute atomic E-state index is 13.0. The predicted octanol–water partition coefficient (Wildman–Crippen LogP) is 1.97. The summed E-state index contributed by atoms with van der Waals surface area (Å²) in [7, 11) is 0. The third kappa shape index (κ3) is 3.44. The standard InChI is InChI=1S/C19H25N5O/c1-15-9-17-6-2-3-7-18(17)24(15)19(25)12-22-8-4-5-16(10-22)11-23-14-20-13-21-23/h2-3,6-7,13-16H,4-5,8-12H2,1H3/t15-,16-/m1/s1. The van der Waals surface area contributed by atoms with Crippen LogP contribution in [-0.2, 0) is 17.8 Å². The molecule has 2 aromatic rings. The molecule has 2 aliphatic rings. The van der Waals surface area contributed by atoms with E-state index in [-0.39, 0.29) is 11.9 Å². The number of hydrogen-bond acceptors (Lipinski definition) is 4. The van der Waals surface area contributed by atoms with Gasteiger partial charge in [-0.1, -0.05) is 18.2 Å². The van der Waals surface area contributed by atoms with Crippen molar-refractivity contribution in [2.24, 2.45) is 5.92 Å². The van der Waals surface area contributed by atoms with Crippen molar-refractivity contribution >= 4 is 11.6 Å². The molecule has 0 saturated carbocycles. The zero-order chi connectivity index (χ0) is 17.2. The monoisotopic (exact) mass is 339 g/mol. The molecule has 1 fully saturated rings. The smallest absolute Gasteiger partial charge is 0.241 e. The van der Waals surface area contributed by atoms with Crippen molar-refractivity contribution < 1.29 is 4.79 Å². The van der Waals surface area contributed by atoms with Crippen LogP contribution in [0.4, 0.5) is 5.69 Å². The van der Waals surface area contributed by atoms with E-state index in [1.165, 1.54) is 12.0 Å². The Morgan fingerprint density at radius 1 is 1.32 bits per heavy atom. The van der Waals surface area contributed by atoms with Crippen LogP contribution in [0.15, 0.2) is 36.9 Å². The highest BCUT2D eigenvalue weighted by Crippen LogP contribution is 2.32. The van der Waals surface area contributed by atoms with Gasteiger partial charge < -0.3 is 4.90 Å². The first-order valence-electron chi connectivity index (χ1n) is 9.15. The van der Waals surface area contributed by atoms with Gasteiger partial charge in [0.15, 0.2) is 0 Å². The minimum absolute atomic E-state index is 0.221. The molecule has 1 aromatic carbocycles. The molecule has 0 radical (unpaired) electrons. The van der Waals surface area contributed by atoms with Crippen LogP contribution in [0.5, 0.6) is 0 Å². The normalized spacial score (nSPS) is 23.6. The van der Waals surface area contributed by atoms with Crippen molar-refractivity contribution in [1.82, 2.24) is 19.7 Å². The van der Waals surface area contributed by atoms with Gasteiger partial charge in [0, 0.05) is 24.8 Å². The van der Waals surface area contributed by atoms with Crippen molar-refractivity contribution in [3.63, 3.8) is 0 Å². The summed E-state index contributed by atoms with van der Waals surface area (Å²) in [6, 6.07) is 8.53. The summed E-state index contributed by atoms with van der Waals surface area (Å²) in [5.41, 5.74) is 2.38. The second-order valence-corrected chi connectivity index (χ2v) is 7.31. The number of hydrogen-bond donors (Lipinski definition) is 0. The third-order valence-corrected chi connectivity index (χ3v) is 5.35. The number of likely N-dealkylation sites (tertiary alicyclic amines) is 1. The highest BCUT2D eigenvalue weighted by atomic mass is 16.2. The number of amides is 1. The van der Waals surface area contributed by atoms with Crippen molar-refractivity contribution in [3.8, 4) is 0 Å². The Morgan fingerprint density at radius 3 is 3.04 bits per heavy atom. The summed E-state index contributed by atoms with van der Waals surface area (Å²) in [6.07, 6.45) is 6.63. The number of carbonyl (C=O) groups is 1. The van der Waals surface area contributed by atoms with Gasteiger partial charge in [-0.3, -0.25) is 14.4 Å². The highest BCUT2D eigenvalue weighted by molar-refractivity contribution is 5.97. The Bertz CT molecular complexity index is 729. The summed E-state index contributed by atoms with van der Waals surface area (Å²) in [6.45, 7) is 5.49. The molecule has 4 rings (SSSR count). The van der Waals surface area contributed by atoms with Gasteiger partial charge in [-0.15, -0.1) is 0 Å². The molecule has 6 nitrogen and oxygen atoms in total. The Kier molecular flexibility index (Phi) is 4.53. The lowest BCUT2D eigenvalue weighted by Crippen LogP contribution is -2.46. The topological polar surface area (TPSA) is 54.3 Å². The molecular weight excluding hydrogens is 314 g/mol. The van der Waals surface area contributed by atoms with E-state index in [2.05, 4.69) is 40.1 Å². The molecule has 25 heavy (non-hydrogen) atoms. The fourth-order valence-corrected chi connectivity index (χ4v) is 4.25. The van der Waals surface area contributed by atoms with Crippen LogP contribution in [0.3, 0.4) is 0 Å². The first-order chi connectivity index (χ1) is 12.2. The molecule has 0 spiro atoms. The molecule has 3 heterocycles. The van der Waals surface area contributed by atoms with Gasteiger partial charge in [-0.05, 0) is 50.3 Å². The number of benzene rings is 1. The predicted molar refractivity (Wildman–Crippen MR) is 96.3 cm³/mol. The average molecular weight is 339 g/mol. The molecular formula is C19H25N5O. The van der Waals surface area contributed by atoms with Crippen LogP contribution in [0.2, 0.25) is 0 Å². The Labute approximate surface area is 148 Å². The lowest BCUT2D eigenvalue weighted by molar-refractivity contribution is -0.120. The molecule has 1 amide bonds. The van der Waals surface area contributed by atoms with E-state index in [1.807, 2.05) is 15.6 Å². The van der Waals surface area contributed by atoms with Crippen LogP contribution in [0, 0.1) is 5.92 Å². The molecule has 2 atom stereocenters. The van der Waals surface area contributed by atoms with Crippen LogP contribution >= 0.6 is 0 Å². The van der Waals surface area contributed by atoms with Gasteiger partial charge in [0.25, 0.3) is 0 Å². The van der Waals surface area contributed by atoms with E-state index in [1.54, 1.807) is 12.7 Å². The minimum Gasteiger partial charge on any atom is -0.308 e. The molecule has 1 aromatic heterocycles. The van der Waals surface area contributed by atoms with E-state index >= 15 is 0 Å². The molecule has 0 unspecified atom stereocenters. The van der Waals surface area contributed by atoms with Gasteiger partial charge in [0.05, 0.1) is 6.54 Å². The van der Waals surface area contributed by atoms with Crippen LogP contribution in [0.25, 0.3) is 0 Å². The fourth-order valence-electron chi connectivity index (χ4n) is 4.25. The molecule has 132 valence electrons. The maximum atomic E-state index is 13.0. The molecule has 1 saturated heterocycles. The van der Waals surface area contributed by atoms with Gasteiger partial charge in [-0.2, -0.15) is 5.10 Å². The van der Waals surface area contributed by atoms with Gasteiger partial charge in [0.2, 0.25) is 5.91 Å². The third-order valence-electron chi connectivity index (χ3n) is 5.35. The SMILES string of the molecule is C[C@@H]1Cc2ccccc2N1C(=O)CN1CCC[C@@H](Cn2cncn2)C1. The van der Waals surface area contributed by atoms with Crippen molar-refractivity contribution in [2.75, 3.05) is 24.5 Å². The zero-order valence-electron chi connectivity index (χ0n) is 14.7. The Balaban J connectivity index is 1.39. The summed E-state index contributed by atoms with van der Waals surface area (Å²) >= 11 is 0. The lowest BCUT2D eigenvalue weighted by Gasteiger charge is -2.34. The molecule has 0 N–H and O–H groups in total. The number of fused-ring (bicyclic) bond motifs is 1.